The quantitative estimate of drug-likeness (QED) is 0.869. The lowest BCUT2D eigenvalue weighted by molar-refractivity contribution is 0.0240. The van der Waals surface area contributed by atoms with Gasteiger partial charge in [-0.05, 0) is 56.0 Å². The van der Waals surface area contributed by atoms with Crippen molar-refractivity contribution in [2.45, 2.75) is 46.6 Å². The molecule has 1 amide bonds. The average molecular weight is 387 g/mol. The van der Waals surface area contributed by atoms with Crippen LogP contribution in [-0.2, 0) is 11.2 Å². The van der Waals surface area contributed by atoms with E-state index in [4.69, 9.17) is 4.74 Å². The maximum Gasteiger partial charge on any atom is 0.410 e. The molecule has 2 heterocycles. The molecule has 1 aromatic heterocycles. The highest BCUT2D eigenvalue weighted by atomic mass is 16.6. The molecule has 8 nitrogen and oxygen atoms in total. The fraction of sp³-hybridized carbons (Fsp3) is 0.600. The largest absolute Gasteiger partial charge is 0.444 e. The summed E-state index contributed by atoms with van der Waals surface area (Å²) in [5, 5.41) is 14.5. The van der Waals surface area contributed by atoms with Gasteiger partial charge in [-0.1, -0.05) is 19.9 Å². The monoisotopic (exact) mass is 386 g/mol. The Bertz CT molecular complexity index is 790. The zero-order chi connectivity index (χ0) is 20.3. The number of hydrogen-bond acceptors (Lipinski definition) is 6. The number of nitrogens with one attached hydrogen (secondary N) is 1. The standard InChI is InChI=1S/C20H30N6O2/c1-14(2)12-15-6-7-16(18-21-23-24-22-18)17(13-15)25-8-10-26(11-9-25)19(27)28-20(3,4)5/h6-7,13-14H,8-12H2,1-5H3,(H,21,22,23,24). The first-order valence-electron chi connectivity index (χ1n) is 9.82. The van der Waals surface area contributed by atoms with Crippen molar-refractivity contribution in [3.8, 4) is 11.4 Å². The van der Waals surface area contributed by atoms with Gasteiger partial charge in [0.05, 0.1) is 0 Å². The van der Waals surface area contributed by atoms with Gasteiger partial charge in [0.2, 0.25) is 5.82 Å². The molecule has 0 atom stereocenters. The van der Waals surface area contributed by atoms with Crippen molar-refractivity contribution in [2.24, 2.45) is 5.92 Å². The first kappa shape index (κ1) is 20.1. The summed E-state index contributed by atoms with van der Waals surface area (Å²) in [6.45, 7) is 12.8. The van der Waals surface area contributed by atoms with E-state index in [9.17, 15) is 4.79 Å². The van der Waals surface area contributed by atoms with E-state index in [1.165, 1.54) is 5.56 Å². The highest BCUT2D eigenvalue weighted by molar-refractivity contribution is 5.75. The Balaban J connectivity index is 1.78. The number of carbonyl (C=O) groups excluding carboxylic acids is 1. The van der Waals surface area contributed by atoms with E-state index in [1.54, 1.807) is 4.90 Å². The van der Waals surface area contributed by atoms with Crippen molar-refractivity contribution in [1.82, 2.24) is 25.5 Å². The fourth-order valence-electron chi connectivity index (χ4n) is 3.36. The minimum Gasteiger partial charge on any atom is -0.444 e. The molecule has 1 saturated heterocycles. The summed E-state index contributed by atoms with van der Waals surface area (Å²) < 4.78 is 5.50. The minimum atomic E-state index is -0.481. The smallest absolute Gasteiger partial charge is 0.410 e. The van der Waals surface area contributed by atoms with E-state index < -0.39 is 5.60 Å². The third-order valence-corrected chi connectivity index (χ3v) is 4.56. The Morgan fingerprint density at radius 3 is 2.50 bits per heavy atom. The Morgan fingerprint density at radius 2 is 1.93 bits per heavy atom. The van der Waals surface area contributed by atoms with Crippen LogP contribution in [0.3, 0.4) is 0 Å². The Hall–Kier alpha value is -2.64. The van der Waals surface area contributed by atoms with Crippen LogP contribution in [-0.4, -0.2) is 63.4 Å². The molecule has 1 aromatic carbocycles. The number of aromatic nitrogens is 4. The number of amides is 1. The summed E-state index contributed by atoms with van der Waals surface area (Å²) in [7, 11) is 0. The summed E-state index contributed by atoms with van der Waals surface area (Å²) in [4.78, 5) is 16.4. The molecule has 0 unspecified atom stereocenters. The number of piperazine rings is 1. The molecule has 0 bridgehead atoms. The van der Waals surface area contributed by atoms with Gasteiger partial charge in [-0.25, -0.2) is 4.79 Å². The maximum absolute atomic E-state index is 12.3. The predicted molar refractivity (Wildman–Crippen MR) is 108 cm³/mol. The number of benzene rings is 1. The molecule has 0 radical (unpaired) electrons. The highest BCUT2D eigenvalue weighted by Crippen LogP contribution is 2.31. The van der Waals surface area contributed by atoms with Crippen LogP contribution in [0.1, 0.15) is 40.2 Å². The van der Waals surface area contributed by atoms with E-state index in [1.807, 2.05) is 20.8 Å². The number of nitrogens with zero attached hydrogens (tertiary/aromatic N) is 5. The first-order valence-corrected chi connectivity index (χ1v) is 9.82. The molecule has 0 spiro atoms. The van der Waals surface area contributed by atoms with E-state index >= 15 is 0 Å². The molecule has 28 heavy (non-hydrogen) atoms. The molecule has 2 aromatic rings. The van der Waals surface area contributed by atoms with Crippen LogP contribution in [0.4, 0.5) is 10.5 Å². The molecule has 1 aliphatic heterocycles. The van der Waals surface area contributed by atoms with Gasteiger partial charge in [-0.3, -0.25) is 0 Å². The highest BCUT2D eigenvalue weighted by Gasteiger charge is 2.27. The van der Waals surface area contributed by atoms with Crippen LogP contribution in [0.15, 0.2) is 18.2 Å². The average Bonchev–Trinajstić information content (AvgIpc) is 3.14. The number of anilines is 1. The van der Waals surface area contributed by atoms with E-state index in [2.05, 4.69) is 57.6 Å². The molecule has 3 rings (SSSR count). The topological polar surface area (TPSA) is 87.2 Å². The number of tetrazole rings is 1. The SMILES string of the molecule is CC(C)Cc1ccc(-c2nn[nH]n2)c(N2CCN(C(=O)OC(C)(C)C)CC2)c1. The molecule has 8 heteroatoms. The predicted octanol–water partition coefficient (Wildman–Crippen LogP) is 3.12. The van der Waals surface area contributed by atoms with Crippen molar-refractivity contribution < 1.29 is 9.53 Å². The van der Waals surface area contributed by atoms with E-state index in [0.29, 0.717) is 24.8 Å². The second-order valence-electron chi connectivity index (χ2n) is 8.64. The lowest BCUT2D eigenvalue weighted by Crippen LogP contribution is -2.50. The van der Waals surface area contributed by atoms with Gasteiger partial charge in [0.1, 0.15) is 5.60 Å². The third kappa shape index (κ3) is 4.99. The summed E-state index contributed by atoms with van der Waals surface area (Å²) >= 11 is 0. The second kappa shape index (κ2) is 8.16. The maximum atomic E-state index is 12.3. The Morgan fingerprint density at radius 1 is 1.21 bits per heavy atom. The summed E-state index contributed by atoms with van der Waals surface area (Å²) in [6.07, 6.45) is 0.760. The molecular weight excluding hydrogens is 356 g/mol. The van der Waals surface area contributed by atoms with Gasteiger partial charge in [0.15, 0.2) is 0 Å². The molecule has 1 fully saturated rings. The third-order valence-electron chi connectivity index (χ3n) is 4.56. The molecule has 1 aliphatic rings. The second-order valence-corrected chi connectivity index (χ2v) is 8.64. The van der Waals surface area contributed by atoms with Crippen molar-refractivity contribution in [3.63, 3.8) is 0 Å². The van der Waals surface area contributed by atoms with Crippen molar-refractivity contribution in [1.29, 1.82) is 0 Å². The lowest BCUT2D eigenvalue weighted by Gasteiger charge is -2.37. The van der Waals surface area contributed by atoms with Crippen LogP contribution in [0.25, 0.3) is 11.4 Å². The summed E-state index contributed by atoms with van der Waals surface area (Å²) in [5.74, 6) is 1.16. The molecule has 0 saturated carbocycles. The first-order chi connectivity index (χ1) is 13.2. The van der Waals surface area contributed by atoms with Gasteiger partial charge in [-0.2, -0.15) is 5.21 Å². The number of H-pyrrole nitrogens is 1. The van der Waals surface area contributed by atoms with Gasteiger partial charge in [0, 0.05) is 37.4 Å². The summed E-state index contributed by atoms with van der Waals surface area (Å²) in [5.41, 5.74) is 2.84. The van der Waals surface area contributed by atoms with Gasteiger partial charge < -0.3 is 14.5 Å². The number of aromatic amines is 1. The minimum absolute atomic E-state index is 0.251. The van der Waals surface area contributed by atoms with Crippen LogP contribution < -0.4 is 4.90 Å². The number of rotatable bonds is 4. The fourth-order valence-corrected chi connectivity index (χ4v) is 3.36. The zero-order valence-electron chi connectivity index (χ0n) is 17.4. The van der Waals surface area contributed by atoms with E-state index in [-0.39, 0.29) is 6.09 Å². The van der Waals surface area contributed by atoms with Gasteiger partial charge >= 0.3 is 6.09 Å². The number of ether oxygens (including phenoxy) is 1. The Labute approximate surface area is 166 Å². The van der Waals surface area contributed by atoms with Crippen LogP contribution >= 0.6 is 0 Å². The summed E-state index contributed by atoms with van der Waals surface area (Å²) in [6, 6.07) is 6.42. The molecule has 1 N–H and O–H groups in total. The van der Waals surface area contributed by atoms with Gasteiger partial charge in [-0.15, -0.1) is 10.2 Å². The lowest BCUT2D eigenvalue weighted by atomic mass is 9.99. The van der Waals surface area contributed by atoms with Crippen molar-refractivity contribution in [3.05, 3.63) is 23.8 Å². The van der Waals surface area contributed by atoms with Crippen LogP contribution in [0.5, 0.6) is 0 Å². The van der Waals surface area contributed by atoms with Crippen LogP contribution in [0.2, 0.25) is 0 Å². The molecule has 0 aliphatic carbocycles. The molecular formula is C20H30N6O2. The van der Waals surface area contributed by atoms with Crippen LogP contribution in [0, 0.1) is 5.92 Å². The van der Waals surface area contributed by atoms with E-state index in [0.717, 1.165) is 30.8 Å². The van der Waals surface area contributed by atoms with Crippen molar-refractivity contribution in [2.75, 3.05) is 31.1 Å². The van der Waals surface area contributed by atoms with Gasteiger partial charge in [0.25, 0.3) is 0 Å². The normalized spacial score (nSPS) is 15.2. The Kier molecular flexibility index (Phi) is 5.86. The number of carbonyl (C=O) groups is 1. The zero-order valence-corrected chi connectivity index (χ0v) is 17.4. The molecule has 152 valence electrons. The number of hydrogen-bond donors (Lipinski definition) is 1. The van der Waals surface area contributed by atoms with Crippen molar-refractivity contribution >= 4 is 11.8 Å².